The molecule has 0 aliphatic carbocycles. The molecule has 0 atom stereocenters. The second-order valence-electron chi connectivity index (χ2n) is 3.95. The van der Waals surface area contributed by atoms with Crippen molar-refractivity contribution < 1.29 is 4.74 Å². The molecular weight excluding hydrogens is 256 g/mol. The van der Waals surface area contributed by atoms with E-state index in [4.69, 9.17) is 17.0 Å². The lowest BCUT2D eigenvalue weighted by Crippen LogP contribution is -2.38. The van der Waals surface area contributed by atoms with Gasteiger partial charge < -0.3 is 14.7 Å². The van der Waals surface area contributed by atoms with Crippen molar-refractivity contribution in [1.82, 2.24) is 19.1 Å². The Balaban J connectivity index is 2.67. The number of aryl methyl sites for hydroxylation is 1. The molecule has 8 heteroatoms. The molecule has 2 N–H and O–H groups in total. The summed E-state index contributed by atoms with van der Waals surface area (Å²) in [5.41, 5.74) is 0.00270. The minimum absolute atomic E-state index is 0.319. The zero-order chi connectivity index (χ0) is 13.3. The van der Waals surface area contributed by atoms with Crippen LogP contribution >= 0.6 is 12.2 Å². The van der Waals surface area contributed by atoms with Crippen LogP contribution in [-0.4, -0.2) is 32.8 Å². The van der Waals surface area contributed by atoms with Gasteiger partial charge in [0.25, 0.3) is 5.56 Å². The third-order valence-electron chi connectivity index (χ3n) is 2.74. The van der Waals surface area contributed by atoms with Crippen LogP contribution in [0.25, 0.3) is 11.2 Å². The molecule has 18 heavy (non-hydrogen) atoms. The number of aromatic amines is 2. The minimum Gasteiger partial charge on any atom is -0.385 e. The van der Waals surface area contributed by atoms with Gasteiger partial charge in [0.2, 0.25) is 0 Å². The summed E-state index contributed by atoms with van der Waals surface area (Å²) in [6, 6.07) is 0. The van der Waals surface area contributed by atoms with Crippen molar-refractivity contribution in [3.63, 3.8) is 0 Å². The number of hydrogen-bond acceptors (Lipinski definition) is 4. The van der Waals surface area contributed by atoms with Crippen LogP contribution in [0.3, 0.4) is 0 Å². The molecule has 0 radical (unpaired) electrons. The Hall–Kier alpha value is -1.67. The predicted molar refractivity (Wildman–Crippen MR) is 69.5 cm³/mol. The number of aromatic nitrogens is 4. The molecule has 0 aliphatic heterocycles. The van der Waals surface area contributed by atoms with Gasteiger partial charge in [0, 0.05) is 27.3 Å². The molecule has 0 spiro atoms. The first-order valence-electron chi connectivity index (χ1n) is 5.47. The van der Waals surface area contributed by atoms with Gasteiger partial charge in [-0.15, -0.1) is 0 Å². The van der Waals surface area contributed by atoms with Gasteiger partial charge in [-0.1, -0.05) is 0 Å². The second-order valence-corrected chi connectivity index (χ2v) is 4.36. The van der Waals surface area contributed by atoms with E-state index in [-0.39, 0.29) is 11.2 Å². The first-order chi connectivity index (χ1) is 8.56. The Morgan fingerprint density at radius 2 is 2.06 bits per heavy atom. The van der Waals surface area contributed by atoms with E-state index in [9.17, 15) is 9.59 Å². The fourth-order valence-electron chi connectivity index (χ4n) is 1.84. The van der Waals surface area contributed by atoms with E-state index in [0.29, 0.717) is 35.5 Å². The van der Waals surface area contributed by atoms with Gasteiger partial charge in [0.15, 0.2) is 4.77 Å². The van der Waals surface area contributed by atoms with Gasteiger partial charge >= 0.3 is 5.69 Å². The maximum absolute atomic E-state index is 12.0. The largest absolute Gasteiger partial charge is 0.385 e. The molecule has 0 unspecified atom stereocenters. The molecular formula is C10H14N4O3S. The van der Waals surface area contributed by atoms with E-state index in [0.717, 1.165) is 4.57 Å². The van der Waals surface area contributed by atoms with Crippen LogP contribution in [0.5, 0.6) is 0 Å². The van der Waals surface area contributed by atoms with Crippen molar-refractivity contribution >= 4 is 23.4 Å². The second kappa shape index (κ2) is 4.91. The third kappa shape index (κ3) is 2.04. The quantitative estimate of drug-likeness (QED) is 0.610. The molecule has 2 heterocycles. The van der Waals surface area contributed by atoms with Gasteiger partial charge in [-0.3, -0.25) is 13.9 Å². The van der Waals surface area contributed by atoms with Gasteiger partial charge in [0.05, 0.1) is 0 Å². The summed E-state index contributed by atoms with van der Waals surface area (Å²) in [5, 5.41) is 0. The first kappa shape index (κ1) is 12.8. The minimum atomic E-state index is -0.384. The molecule has 98 valence electrons. The van der Waals surface area contributed by atoms with Crippen LogP contribution in [0, 0.1) is 4.77 Å². The van der Waals surface area contributed by atoms with Gasteiger partial charge in [0.1, 0.15) is 11.2 Å². The van der Waals surface area contributed by atoms with Crippen LogP contribution in [0.2, 0.25) is 0 Å². The van der Waals surface area contributed by atoms with Crippen LogP contribution in [0.15, 0.2) is 9.59 Å². The standard InChI is InChI=1S/C10H14N4O3S/c1-13-8(15)6-7(12-9(18)11-6)14(10(13)16)4-3-5-17-2/h3-5H2,1-2H3,(H2,11,12,18). The van der Waals surface area contributed by atoms with E-state index in [2.05, 4.69) is 9.97 Å². The number of nitrogens with one attached hydrogen (secondary N) is 2. The summed E-state index contributed by atoms with van der Waals surface area (Å²) < 4.78 is 7.83. The molecule has 0 aromatic carbocycles. The lowest BCUT2D eigenvalue weighted by molar-refractivity contribution is 0.190. The van der Waals surface area contributed by atoms with Crippen LogP contribution < -0.4 is 11.2 Å². The van der Waals surface area contributed by atoms with Gasteiger partial charge in [-0.25, -0.2) is 4.79 Å². The zero-order valence-corrected chi connectivity index (χ0v) is 11.0. The number of ether oxygens (including phenoxy) is 1. The summed E-state index contributed by atoms with van der Waals surface area (Å²) in [4.78, 5) is 29.5. The molecule has 0 aliphatic rings. The highest BCUT2D eigenvalue weighted by Gasteiger charge is 2.12. The Morgan fingerprint density at radius 3 is 2.72 bits per heavy atom. The summed E-state index contributed by atoms with van der Waals surface area (Å²) in [6.07, 6.45) is 0.676. The van der Waals surface area contributed by atoms with E-state index in [1.165, 1.54) is 11.6 Å². The molecule has 0 fully saturated rings. The number of imidazole rings is 1. The van der Waals surface area contributed by atoms with E-state index >= 15 is 0 Å². The van der Waals surface area contributed by atoms with Crippen molar-refractivity contribution in [2.75, 3.05) is 13.7 Å². The first-order valence-corrected chi connectivity index (χ1v) is 5.88. The highest BCUT2D eigenvalue weighted by atomic mass is 32.1. The fourth-order valence-corrected chi connectivity index (χ4v) is 2.04. The molecule has 2 aromatic rings. The molecule has 0 saturated heterocycles. The topological polar surface area (TPSA) is 84.8 Å². The number of fused-ring (bicyclic) bond motifs is 1. The highest BCUT2D eigenvalue weighted by molar-refractivity contribution is 7.71. The molecule has 0 bridgehead atoms. The van der Waals surface area contributed by atoms with Crippen molar-refractivity contribution in [1.29, 1.82) is 0 Å². The van der Waals surface area contributed by atoms with E-state index in [1.54, 1.807) is 7.11 Å². The Labute approximate surface area is 107 Å². The lowest BCUT2D eigenvalue weighted by atomic mass is 10.4. The van der Waals surface area contributed by atoms with Crippen LogP contribution in [0.4, 0.5) is 0 Å². The maximum atomic E-state index is 12.0. The smallest absolute Gasteiger partial charge is 0.332 e. The summed E-state index contributed by atoms with van der Waals surface area (Å²) in [6.45, 7) is 1.00. The number of methoxy groups -OCH3 is 1. The molecule has 0 saturated carbocycles. The lowest BCUT2D eigenvalue weighted by Gasteiger charge is -2.08. The monoisotopic (exact) mass is 270 g/mol. The van der Waals surface area contributed by atoms with Crippen LogP contribution in [-0.2, 0) is 18.3 Å². The molecule has 7 nitrogen and oxygen atoms in total. The average molecular weight is 270 g/mol. The zero-order valence-electron chi connectivity index (χ0n) is 10.1. The van der Waals surface area contributed by atoms with E-state index in [1.807, 2.05) is 0 Å². The SMILES string of the molecule is COCCCn1c(=O)n(C)c(=O)c2[nH]c(=S)[nH]c21. The van der Waals surface area contributed by atoms with Crippen LogP contribution in [0.1, 0.15) is 6.42 Å². The van der Waals surface area contributed by atoms with Crippen molar-refractivity contribution in [2.45, 2.75) is 13.0 Å². The van der Waals surface area contributed by atoms with Crippen molar-refractivity contribution in [3.8, 4) is 0 Å². The molecule has 2 rings (SSSR count). The normalized spacial score (nSPS) is 11.2. The number of H-pyrrole nitrogens is 2. The predicted octanol–water partition coefficient (Wildman–Crippen LogP) is 0.122. The van der Waals surface area contributed by atoms with Gasteiger partial charge in [-0.05, 0) is 18.6 Å². The fraction of sp³-hybridized carbons (Fsp3) is 0.500. The van der Waals surface area contributed by atoms with Gasteiger partial charge in [-0.2, -0.15) is 0 Å². The summed E-state index contributed by atoms with van der Waals surface area (Å²) in [7, 11) is 3.05. The maximum Gasteiger partial charge on any atom is 0.332 e. The highest BCUT2D eigenvalue weighted by Crippen LogP contribution is 2.03. The summed E-state index contributed by atoms with van der Waals surface area (Å²) in [5.74, 6) is 0. The third-order valence-corrected chi connectivity index (χ3v) is 2.95. The van der Waals surface area contributed by atoms with Crippen molar-refractivity contribution in [3.05, 3.63) is 25.6 Å². The molecule has 2 aromatic heterocycles. The number of hydrogen-bond donors (Lipinski definition) is 2. The average Bonchev–Trinajstić information content (AvgIpc) is 2.73. The number of nitrogens with zero attached hydrogens (tertiary/aromatic N) is 2. The van der Waals surface area contributed by atoms with Crippen molar-refractivity contribution in [2.24, 2.45) is 7.05 Å². The Morgan fingerprint density at radius 1 is 1.33 bits per heavy atom. The molecule has 0 amide bonds. The number of rotatable bonds is 4. The Bertz CT molecular complexity index is 736. The summed E-state index contributed by atoms with van der Waals surface area (Å²) >= 11 is 4.95. The Kier molecular flexibility index (Phi) is 3.48. The van der Waals surface area contributed by atoms with E-state index < -0.39 is 0 Å².